The van der Waals surface area contributed by atoms with Gasteiger partial charge >= 0.3 is 0 Å². The molecule has 2 rings (SSSR count). The molecule has 0 aliphatic carbocycles. The van der Waals surface area contributed by atoms with Crippen LogP contribution >= 0.6 is 11.6 Å². The third-order valence-corrected chi connectivity index (χ3v) is 2.92. The number of para-hydroxylation sites is 1. The second-order valence-corrected chi connectivity index (χ2v) is 4.64. The van der Waals surface area contributed by atoms with Crippen LogP contribution < -0.4 is 10.2 Å². The number of amides is 1. The molecule has 0 aliphatic heterocycles. The summed E-state index contributed by atoms with van der Waals surface area (Å²) in [6.45, 7) is 0. The van der Waals surface area contributed by atoms with Crippen LogP contribution in [0, 0.1) is 0 Å². The Labute approximate surface area is 117 Å². The molecular formula is C14H14ClN3O. The second kappa shape index (κ2) is 5.71. The molecule has 0 unspecified atom stereocenters. The third-order valence-electron chi connectivity index (χ3n) is 2.59. The molecule has 19 heavy (non-hydrogen) atoms. The second-order valence-electron chi connectivity index (χ2n) is 4.23. The first-order chi connectivity index (χ1) is 9.08. The van der Waals surface area contributed by atoms with E-state index in [0.717, 1.165) is 5.82 Å². The van der Waals surface area contributed by atoms with Crippen molar-refractivity contribution in [1.82, 2.24) is 4.98 Å². The molecule has 0 saturated heterocycles. The number of aromatic nitrogens is 1. The Hall–Kier alpha value is -2.07. The van der Waals surface area contributed by atoms with Crippen molar-refractivity contribution in [2.45, 2.75) is 0 Å². The average molecular weight is 276 g/mol. The Kier molecular flexibility index (Phi) is 4.02. The van der Waals surface area contributed by atoms with Gasteiger partial charge in [0.25, 0.3) is 5.91 Å². The maximum Gasteiger partial charge on any atom is 0.255 e. The summed E-state index contributed by atoms with van der Waals surface area (Å²) in [5.74, 6) is 0.519. The first-order valence-electron chi connectivity index (χ1n) is 5.77. The van der Waals surface area contributed by atoms with Gasteiger partial charge in [-0.2, -0.15) is 0 Å². The van der Waals surface area contributed by atoms with Crippen LogP contribution in [0.4, 0.5) is 11.5 Å². The van der Waals surface area contributed by atoms with Crippen molar-refractivity contribution in [3.63, 3.8) is 0 Å². The van der Waals surface area contributed by atoms with E-state index in [1.807, 2.05) is 31.1 Å². The molecule has 2 aromatic rings. The summed E-state index contributed by atoms with van der Waals surface area (Å²) in [6, 6.07) is 10.5. The lowest BCUT2D eigenvalue weighted by atomic mass is 10.2. The molecule has 1 N–H and O–H groups in total. The lowest BCUT2D eigenvalue weighted by molar-refractivity contribution is 0.102. The fraction of sp³-hybridized carbons (Fsp3) is 0.143. The van der Waals surface area contributed by atoms with Gasteiger partial charge in [0.05, 0.1) is 10.7 Å². The van der Waals surface area contributed by atoms with E-state index in [1.54, 1.807) is 30.5 Å². The number of pyridine rings is 1. The van der Waals surface area contributed by atoms with Gasteiger partial charge in [-0.1, -0.05) is 23.7 Å². The normalized spacial score (nSPS) is 10.1. The molecule has 1 amide bonds. The molecule has 4 nitrogen and oxygen atoms in total. The summed E-state index contributed by atoms with van der Waals surface area (Å²) in [4.78, 5) is 18.1. The van der Waals surface area contributed by atoms with E-state index in [1.165, 1.54) is 0 Å². The van der Waals surface area contributed by atoms with Gasteiger partial charge in [0.1, 0.15) is 5.82 Å². The maximum absolute atomic E-state index is 12.1. The molecule has 0 spiro atoms. The lowest BCUT2D eigenvalue weighted by Gasteiger charge is -2.12. The average Bonchev–Trinajstić information content (AvgIpc) is 2.41. The van der Waals surface area contributed by atoms with Crippen LogP contribution in [0.25, 0.3) is 0 Å². The van der Waals surface area contributed by atoms with Crippen molar-refractivity contribution >= 4 is 29.0 Å². The molecule has 5 heteroatoms. The van der Waals surface area contributed by atoms with E-state index in [9.17, 15) is 4.79 Å². The van der Waals surface area contributed by atoms with Crippen LogP contribution in [-0.4, -0.2) is 25.0 Å². The SMILES string of the molecule is CN(C)c1cc(C(=O)Nc2ccccc2Cl)ccn1. The molecule has 0 atom stereocenters. The number of carbonyl (C=O) groups is 1. The van der Waals surface area contributed by atoms with Crippen LogP contribution in [0.15, 0.2) is 42.6 Å². The number of hydrogen-bond acceptors (Lipinski definition) is 3. The molecule has 98 valence electrons. The monoisotopic (exact) mass is 275 g/mol. The Bertz CT molecular complexity index is 599. The van der Waals surface area contributed by atoms with E-state index in [2.05, 4.69) is 10.3 Å². The van der Waals surface area contributed by atoms with E-state index < -0.39 is 0 Å². The fourth-order valence-electron chi connectivity index (χ4n) is 1.56. The summed E-state index contributed by atoms with van der Waals surface area (Å²) in [5.41, 5.74) is 1.14. The molecular weight excluding hydrogens is 262 g/mol. The van der Waals surface area contributed by atoms with Gasteiger partial charge in [0.2, 0.25) is 0 Å². The smallest absolute Gasteiger partial charge is 0.255 e. The van der Waals surface area contributed by atoms with Crippen molar-refractivity contribution in [3.05, 3.63) is 53.2 Å². The highest BCUT2D eigenvalue weighted by Gasteiger charge is 2.09. The largest absolute Gasteiger partial charge is 0.363 e. The highest BCUT2D eigenvalue weighted by Crippen LogP contribution is 2.21. The molecule has 0 saturated carbocycles. The lowest BCUT2D eigenvalue weighted by Crippen LogP contribution is -2.15. The van der Waals surface area contributed by atoms with E-state index in [4.69, 9.17) is 11.6 Å². The van der Waals surface area contributed by atoms with Gasteiger partial charge in [0.15, 0.2) is 0 Å². The highest BCUT2D eigenvalue weighted by molar-refractivity contribution is 6.33. The zero-order chi connectivity index (χ0) is 13.8. The van der Waals surface area contributed by atoms with Gasteiger partial charge in [0, 0.05) is 25.9 Å². The number of halogens is 1. The number of anilines is 2. The van der Waals surface area contributed by atoms with Crippen LogP contribution in [0.2, 0.25) is 5.02 Å². The number of rotatable bonds is 3. The Morgan fingerprint density at radius 1 is 1.26 bits per heavy atom. The molecule has 1 aromatic carbocycles. The number of benzene rings is 1. The first-order valence-corrected chi connectivity index (χ1v) is 6.15. The van der Waals surface area contributed by atoms with Gasteiger partial charge in [-0.15, -0.1) is 0 Å². The van der Waals surface area contributed by atoms with Gasteiger partial charge in [-0.05, 0) is 24.3 Å². The quantitative estimate of drug-likeness (QED) is 0.936. The van der Waals surface area contributed by atoms with Gasteiger partial charge < -0.3 is 10.2 Å². The van der Waals surface area contributed by atoms with Crippen molar-refractivity contribution in [2.75, 3.05) is 24.3 Å². The zero-order valence-electron chi connectivity index (χ0n) is 10.7. The summed E-state index contributed by atoms with van der Waals surface area (Å²) in [7, 11) is 3.75. The third kappa shape index (κ3) is 3.23. The van der Waals surface area contributed by atoms with Crippen LogP contribution in [0.1, 0.15) is 10.4 Å². The summed E-state index contributed by atoms with van der Waals surface area (Å²) in [6.07, 6.45) is 1.61. The molecule has 0 aliphatic rings. The minimum atomic E-state index is -0.210. The van der Waals surface area contributed by atoms with E-state index >= 15 is 0 Å². The van der Waals surface area contributed by atoms with Crippen molar-refractivity contribution in [3.8, 4) is 0 Å². The Balaban J connectivity index is 2.21. The number of nitrogens with zero attached hydrogens (tertiary/aromatic N) is 2. The minimum absolute atomic E-state index is 0.210. The van der Waals surface area contributed by atoms with Crippen molar-refractivity contribution in [2.24, 2.45) is 0 Å². The highest BCUT2D eigenvalue weighted by atomic mass is 35.5. The standard InChI is InChI=1S/C14H14ClN3O/c1-18(2)13-9-10(7-8-16-13)14(19)17-12-6-4-3-5-11(12)15/h3-9H,1-2H3,(H,17,19). The van der Waals surface area contributed by atoms with E-state index in [0.29, 0.717) is 16.3 Å². The first kappa shape index (κ1) is 13.4. The predicted molar refractivity (Wildman–Crippen MR) is 78.0 cm³/mol. The molecule has 1 heterocycles. The molecule has 0 fully saturated rings. The van der Waals surface area contributed by atoms with Crippen LogP contribution in [0.3, 0.4) is 0 Å². The maximum atomic E-state index is 12.1. The summed E-state index contributed by atoms with van der Waals surface area (Å²) < 4.78 is 0. The van der Waals surface area contributed by atoms with Crippen LogP contribution in [0.5, 0.6) is 0 Å². The zero-order valence-corrected chi connectivity index (χ0v) is 11.5. The fourth-order valence-corrected chi connectivity index (χ4v) is 1.74. The number of carbonyl (C=O) groups excluding carboxylic acids is 1. The summed E-state index contributed by atoms with van der Waals surface area (Å²) >= 11 is 6.00. The topological polar surface area (TPSA) is 45.2 Å². The van der Waals surface area contributed by atoms with Gasteiger partial charge in [-0.3, -0.25) is 4.79 Å². The van der Waals surface area contributed by atoms with Crippen LogP contribution in [-0.2, 0) is 0 Å². The number of hydrogen-bond donors (Lipinski definition) is 1. The molecule has 0 bridgehead atoms. The van der Waals surface area contributed by atoms with E-state index in [-0.39, 0.29) is 5.91 Å². The minimum Gasteiger partial charge on any atom is -0.363 e. The summed E-state index contributed by atoms with van der Waals surface area (Å²) in [5, 5.41) is 3.29. The Morgan fingerprint density at radius 2 is 2.00 bits per heavy atom. The molecule has 0 radical (unpaired) electrons. The van der Waals surface area contributed by atoms with Gasteiger partial charge in [-0.25, -0.2) is 4.98 Å². The van der Waals surface area contributed by atoms with Crippen molar-refractivity contribution < 1.29 is 4.79 Å². The molecule has 1 aromatic heterocycles. The number of nitrogens with one attached hydrogen (secondary N) is 1. The predicted octanol–water partition coefficient (Wildman–Crippen LogP) is 3.05. The van der Waals surface area contributed by atoms with Crippen molar-refractivity contribution in [1.29, 1.82) is 0 Å². The Morgan fingerprint density at radius 3 is 2.68 bits per heavy atom.